The maximum absolute atomic E-state index is 5.85. The molecule has 0 aromatic heterocycles. The Balaban J connectivity index is 1.88. The first kappa shape index (κ1) is 14.7. The summed E-state index contributed by atoms with van der Waals surface area (Å²) in [5, 5.41) is 3.60. The van der Waals surface area contributed by atoms with Gasteiger partial charge in [0.15, 0.2) is 0 Å². The first-order valence-electron chi connectivity index (χ1n) is 7.18. The Morgan fingerprint density at radius 1 is 1.37 bits per heavy atom. The van der Waals surface area contributed by atoms with Crippen LogP contribution in [-0.4, -0.2) is 23.1 Å². The highest BCUT2D eigenvalue weighted by molar-refractivity contribution is 8.00. The van der Waals surface area contributed by atoms with E-state index in [1.54, 1.807) is 0 Å². The Morgan fingerprint density at radius 2 is 2.16 bits per heavy atom. The molecule has 1 unspecified atom stereocenters. The van der Waals surface area contributed by atoms with Gasteiger partial charge in [0, 0.05) is 23.4 Å². The zero-order valence-corrected chi connectivity index (χ0v) is 13.1. The average molecular weight is 279 g/mol. The lowest BCUT2D eigenvalue weighted by Gasteiger charge is -2.23. The summed E-state index contributed by atoms with van der Waals surface area (Å²) in [5.41, 5.74) is 1.25. The van der Waals surface area contributed by atoms with E-state index in [9.17, 15) is 0 Å². The minimum atomic E-state index is 0.226. The van der Waals surface area contributed by atoms with Crippen molar-refractivity contribution in [3.05, 3.63) is 29.8 Å². The summed E-state index contributed by atoms with van der Waals surface area (Å²) >= 11 is 2.10. The molecule has 1 aromatic carbocycles. The van der Waals surface area contributed by atoms with Crippen LogP contribution in [0, 0.1) is 0 Å². The zero-order chi connectivity index (χ0) is 13.7. The van der Waals surface area contributed by atoms with Crippen LogP contribution in [0.1, 0.15) is 39.2 Å². The molecule has 0 spiro atoms. The van der Waals surface area contributed by atoms with Gasteiger partial charge in [-0.3, -0.25) is 0 Å². The molecule has 0 radical (unpaired) electrons. The van der Waals surface area contributed by atoms with Crippen LogP contribution in [0.5, 0.6) is 5.75 Å². The fourth-order valence-corrected chi connectivity index (χ4v) is 3.73. The van der Waals surface area contributed by atoms with Gasteiger partial charge in [0.05, 0.1) is 6.10 Å². The number of hydrogen-bond acceptors (Lipinski definition) is 3. The predicted molar refractivity (Wildman–Crippen MR) is 84.0 cm³/mol. The lowest BCUT2D eigenvalue weighted by molar-refractivity contribution is 0.239. The van der Waals surface area contributed by atoms with Crippen LogP contribution in [-0.2, 0) is 6.54 Å². The normalized spacial score (nSPS) is 22.9. The maximum Gasteiger partial charge on any atom is 0.124 e. The van der Waals surface area contributed by atoms with E-state index in [1.807, 2.05) is 6.07 Å². The molecule has 1 heterocycles. The molecule has 106 valence electrons. The van der Waals surface area contributed by atoms with E-state index in [1.165, 1.54) is 24.2 Å². The maximum atomic E-state index is 5.85. The van der Waals surface area contributed by atoms with Crippen molar-refractivity contribution >= 4 is 11.8 Å². The number of benzene rings is 1. The number of ether oxygens (including phenoxy) is 1. The third kappa shape index (κ3) is 4.43. The fraction of sp³-hybridized carbons (Fsp3) is 0.625. The van der Waals surface area contributed by atoms with E-state index in [2.05, 4.69) is 56.0 Å². The smallest absolute Gasteiger partial charge is 0.124 e. The van der Waals surface area contributed by atoms with E-state index in [0.29, 0.717) is 4.75 Å². The summed E-state index contributed by atoms with van der Waals surface area (Å²) in [6.45, 7) is 8.47. The molecule has 1 fully saturated rings. The van der Waals surface area contributed by atoms with Crippen LogP contribution in [0.25, 0.3) is 0 Å². The molecule has 1 saturated heterocycles. The minimum Gasteiger partial charge on any atom is -0.491 e. The summed E-state index contributed by atoms with van der Waals surface area (Å²) in [7, 11) is 0. The fourth-order valence-electron chi connectivity index (χ4n) is 2.46. The molecular weight excluding hydrogens is 254 g/mol. The van der Waals surface area contributed by atoms with Gasteiger partial charge in [0.2, 0.25) is 0 Å². The molecule has 1 aliphatic rings. The van der Waals surface area contributed by atoms with Gasteiger partial charge in [0.1, 0.15) is 5.75 Å². The monoisotopic (exact) mass is 279 g/mol. The van der Waals surface area contributed by atoms with Gasteiger partial charge in [-0.2, -0.15) is 11.8 Å². The average Bonchev–Trinajstić information content (AvgIpc) is 2.78. The van der Waals surface area contributed by atoms with Crippen LogP contribution in [0.2, 0.25) is 0 Å². The lowest BCUT2D eigenvalue weighted by atomic mass is 10.1. The van der Waals surface area contributed by atoms with E-state index in [-0.39, 0.29) is 6.10 Å². The Morgan fingerprint density at radius 3 is 2.84 bits per heavy atom. The molecular formula is C16H25NOS. The Bertz CT molecular complexity index is 399. The van der Waals surface area contributed by atoms with Crippen molar-refractivity contribution in [2.24, 2.45) is 0 Å². The van der Waals surface area contributed by atoms with Gasteiger partial charge in [0.25, 0.3) is 0 Å². The highest BCUT2D eigenvalue weighted by Gasteiger charge is 2.28. The Kier molecular flexibility index (Phi) is 5.17. The summed E-state index contributed by atoms with van der Waals surface area (Å²) in [6.07, 6.45) is 2.91. The number of rotatable bonds is 6. The van der Waals surface area contributed by atoms with E-state index in [4.69, 9.17) is 4.74 Å². The van der Waals surface area contributed by atoms with Crippen molar-refractivity contribution in [3.63, 3.8) is 0 Å². The number of hydrogen-bond donors (Lipinski definition) is 1. The zero-order valence-electron chi connectivity index (χ0n) is 12.2. The molecule has 1 N–H and O–H groups in total. The van der Waals surface area contributed by atoms with E-state index in [0.717, 1.165) is 18.8 Å². The summed E-state index contributed by atoms with van der Waals surface area (Å²) in [5.74, 6) is 2.32. The first-order valence-corrected chi connectivity index (χ1v) is 8.17. The third-order valence-electron chi connectivity index (χ3n) is 3.45. The molecule has 2 nitrogen and oxygen atoms in total. The van der Waals surface area contributed by atoms with Crippen molar-refractivity contribution in [3.8, 4) is 5.75 Å². The molecule has 0 aliphatic carbocycles. The number of thioether (sulfide) groups is 1. The molecule has 1 aliphatic heterocycles. The van der Waals surface area contributed by atoms with E-state index < -0.39 is 0 Å². The van der Waals surface area contributed by atoms with Gasteiger partial charge >= 0.3 is 0 Å². The van der Waals surface area contributed by atoms with Gasteiger partial charge in [-0.25, -0.2) is 0 Å². The SMILES string of the molecule is CC(C)Oc1ccccc1CNCC1(C)CCCS1. The van der Waals surface area contributed by atoms with Crippen LogP contribution in [0.4, 0.5) is 0 Å². The predicted octanol–water partition coefficient (Wildman–Crippen LogP) is 3.85. The van der Waals surface area contributed by atoms with Gasteiger partial charge < -0.3 is 10.1 Å². The molecule has 0 saturated carbocycles. The summed E-state index contributed by atoms with van der Waals surface area (Å²) in [4.78, 5) is 0. The summed E-state index contributed by atoms with van der Waals surface area (Å²) < 4.78 is 6.27. The minimum absolute atomic E-state index is 0.226. The molecule has 0 bridgehead atoms. The lowest BCUT2D eigenvalue weighted by Crippen LogP contribution is -2.32. The molecule has 1 atom stereocenters. The number of para-hydroxylation sites is 1. The van der Waals surface area contributed by atoms with Crippen molar-refractivity contribution in [2.75, 3.05) is 12.3 Å². The highest BCUT2D eigenvalue weighted by Crippen LogP contribution is 2.37. The first-order chi connectivity index (χ1) is 9.09. The van der Waals surface area contributed by atoms with Gasteiger partial charge in [-0.05, 0) is 45.4 Å². The largest absolute Gasteiger partial charge is 0.491 e. The quantitative estimate of drug-likeness (QED) is 0.854. The van der Waals surface area contributed by atoms with Crippen LogP contribution in [0.15, 0.2) is 24.3 Å². The molecule has 3 heteroatoms. The molecule has 2 rings (SSSR count). The second-order valence-corrected chi connectivity index (χ2v) is 7.46. The van der Waals surface area contributed by atoms with E-state index >= 15 is 0 Å². The topological polar surface area (TPSA) is 21.3 Å². The van der Waals surface area contributed by atoms with Crippen LogP contribution < -0.4 is 10.1 Å². The molecule has 1 aromatic rings. The second-order valence-electron chi connectivity index (χ2n) is 5.78. The van der Waals surface area contributed by atoms with Gasteiger partial charge in [-0.15, -0.1) is 0 Å². The Hall–Kier alpha value is -0.670. The van der Waals surface area contributed by atoms with Crippen molar-refractivity contribution in [1.82, 2.24) is 5.32 Å². The van der Waals surface area contributed by atoms with Gasteiger partial charge in [-0.1, -0.05) is 18.2 Å². The second kappa shape index (κ2) is 6.67. The third-order valence-corrected chi connectivity index (χ3v) is 4.99. The van der Waals surface area contributed by atoms with Crippen LogP contribution in [0.3, 0.4) is 0 Å². The van der Waals surface area contributed by atoms with Crippen molar-refractivity contribution in [2.45, 2.75) is 51.0 Å². The standard InChI is InChI=1S/C16H25NOS/c1-13(2)18-15-8-5-4-7-14(15)11-17-12-16(3)9-6-10-19-16/h4-5,7-8,13,17H,6,9-12H2,1-3H3. The van der Waals surface area contributed by atoms with Crippen molar-refractivity contribution < 1.29 is 4.74 Å². The van der Waals surface area contributed by atoms with Crippen molar-refractivity contribution in [1.29, 1.82) is 0 Å². The molecule has 0 amide bonds. The number of nitrogens with one attached hydrogen (secondary N) is 1. The Labute approximate surface area is 121 Å². The molecule has 19 heavy (non-hydrogen) atoms. The van der Waals surface area contributed by atoms with Crippen LogP contribution >= 0.6 is 11.8 Å². The summed E-state index contributed by atoms with van der Waals surface area (Å²) in [6, 6.07) is 8.32. The highest BCUT2D eigenvalue weighted by atomic mass is 32.2.